The number of urea groups is 1. The average molecular weight is 1310 g/mol. The Kier molecular flexibility index (Phi) is 22.1. The van der Waals surface area contributed by atoms with E-state index in [-0.39, 0.29) is 117 Å². The smallest absolute Gasteiger partial charge is 0.488 e. The van der Waals surface area contributed by atoms with E-state index in [0.717, 1.165) is 32.4 Å². The van der Waals surface area contributed by atoms with Crippen LogP contribution < -0.4 is 46.1 Å². The summed E-state index contributed by atoms with van der Waals surface area (Å²) in [5.74, 6) is -2.49. The SMILES string of the molecule is CC(C)[C@H](NC(=O)CCCCCN1C(=O)C=CC1=O)C(=O)N[C@@H](CCCNC(N)=O)C(=O)Nc1ccc(COc2cc3c(c4ccccc24)[C@H](CCl)CN3C(=O)CCCC(=O)N2c3cc(OP(=O)(O)O)c4ccccc4c3[C@@](CCl)(C(C)(C)C)C2C(C)(C)C)cc1. The van der Waals surface area contributed by atoms with E-state index in [4.69, 9.17) is 38.2 Å². The largest absolute Gasteiger partial charge is 0.524 e. The van der Waals surface area contributed by atoms with E-state index in [0.29, 0.717) is 59.4 Å². The lowest BCUT2D eigenvalue weighted by molar-refractivity contribution is -0.137. The maximum Gasteiger partial charge on any atom is 0.524 e. The molecule has 0 radical (unpaired) electrons. The molecule has 3 heterocycles. The Morgan fingerprint density at radius 3 is 1.96 bits per heavy atom. The summed E-state index contributed by atoms with van der Waals surface area (Å²) in [4.78, 5) is 130. The first-order valence-corrected chi connectivity index (χ1v) is 33.4. The molecule has 24 heteroatoms. The van der Waals surface area contributed by atoms with Crippen molar-refractivity contribution in [2.75, 3.05) is 46.5 Å². The third-order valence-corrected chi connectivity index (χ3v) is 18.6. The first kappa shape index (κ1) is 69.3. The van der Waals surface area contributed by atoms with Gasteiger partial charge in [0.25, 0.3) is 11.8 Å². The van der Waals surface area contributed by atoms with Crippen molar-refractivity contribution < 1.29 is 62.0 Å². The van der Waals surface area contributed by atoms with Crippen molar-refractivity contribution >= 4 is 117 Å². The Labute approximate surface area is 540 Å². The van der Waals surface area contributed by atoms with Crippen LogP contribution in [0.4, 0.5) is 21.9 Å². The number of nitrogens with one attached hydrogen (secondary N) is 4. The van der Waals surface area contributed by atoms with E-state index in [1.807, 2.05) is 63.2 Å². The topological polar surface area (TPSA) is 296 Å². The molecule has 8 N–H and O–H groups in total. The first-order valence-electron chi connectivity index (χ1n) is 30.8. The van der Waals surface area contributed by atoms with Crippen LogP contribution in [-0.4, -0.2) is 112 Å². The number of nitrogens with zero attached hydrogens (tertiary/aromatic N) is 3. The second-order valence-corrected chi connectivity index (χ2v) is 27.8. The summed E-state index contributed by atoms with van der Waals surface area (Å²) >= 11 is 13.9. The Morgan fingerprint density at radius 1 is 0.747 bits per heavy atom. The molecule has 0 fully saturated rings. The highest BCUT2D eigenvalue weighted by Crippen LogP contribution is 2.63. The van der Waals surface area contributed by atoms with Gasteiger partial charge in [0.15, 0.2) is 0 Å². The predicted molar refractivity (Wildman–Crippen MR) is 352 cm³/mol. The number of rotatable bonds is 27. The molecule has 0 spiro atoms. The maximum atomic E-state index is 15.1. The van der Waals surface area contributed by atoms with Crippen molar-refractivity contribution in [2.24, 2.45) is 22.5 Å². The number of anilines is 3. The molecule has 91 heavy (non-hydrogen) atoms. The molecule has 5 aromatic carbocycles. The summed E-state index contributed by atoms with van der Waals surface area (Å²) < 4.78 is 24.3. The fraction of sp³-hybridized carbons (Fsp3) is 0.463. The maximum absolute atomic E-state index is 15.1. The van der Waals surface area contributed by atoms with Gasteiger partial charge in [0.1, 0.15) is 30.2 Å². The molecule has 8 rings (SSSR count). The highest BCUT2D eigenvalue weighted by molar-refractivity contribution is 7.46. The number of imide groups is 1. The molecule has 0 aliphatic carbocycles. The molecular weight excluding hydrogens is 1230 g/mol. The van der Waals surface area contributed by atoms with Crippen molar-refractivity contribution in [3.05, 3.63) is 114 Å². The number of primary amides is 1. The zero-order valence-electron chi connectivity index (χ0n) is 52.7. The minimum Gasteiger partial charge on any atom is -0.488 e. The summed E-state index contributed by atoms with van der Waals surface area (Å²) in [6, 6.07) is 21.9. The first-order chi connectivity index (χ1) is 43.0. The van der Waals surface area contributed by atoms with Crippen LogP contribution in [0.5, 0.6) is 11.5 Å². The molecule has 0 saturated carbocycles. The van der Waals surface area contributed by atoms with Crippen LogP contribution in [0.2, 0.25) is 0 Å². The number of carbonyl (C=O) groups is 8. The van der Waals surface area contributed by atoms with Gasteiger partial charge in [-0.1, -0.05) is 122 Å². The summed E-state index contributed by atoms with van der Waals surface area (Å²) in [5, 5.41) is 13.8. The van der Waals surface area contributed by atoms with E-state index in [1.54, 1.807) is 66.1 Å². The number of fused-ring (bicyclic) bond motifs is 6. The van der Waals surface area contributed by atoms with Crippen molar-refractivity contribution in [3.63, 3.8) is 0 Å². The number of alkyl halides is 2. The Morgan fingerprint density at radius 2 is 1.36 bits per heavy atom. The zero-order chi connectivity index (χ0) is 66.3. The van der Waals surface area contributed by atoms with Gasteiger partial charge >= 0.3 is 13.9 Å². The van der Waals surface area contributed by atoms with Crippen LogP contribution >= 0.6 is 31.0 Å². The summed E-state index contributed by atoms with van der Waals surface area (Å²) in [7, 11) is -5.05. The van der Waals surface area contributed by atoms with E-state index < -0.39 is 60.0 Å². The third kappa shape index (κ3) is 15.7. The van der Waals surface area contributed by atoms with E-state index in [1.165, 1.54) is 12.2 Å². The van der Waals surface area contributed by atoms with Crippen LogP contribution in [0, 0.1) is 16.7 Å². The van der Waals surface area contributed by atoms with Crippen LogP contribution in [0.15, 0.2) is 97.1 Å². The zero-order valence-corrected chi connectivity index (χ0v) is 55.1. The van der Waals surface area contributed by atoms with Crippen molar-refractivity contribution in [2.45, 2.75) is 149 Å². The number of amides is 9. The molecule has 488 valence electrons. The lowest BCUT2D eigenvalue weighted by Gasteiger charge is -2.52. The molecule has 1 unspecified atom stereocenters. The molecule has 0 aromatic heterocycles. The predicted octanol–water partition coefficient (Wildman–Crippen LogP) is 10.4. The number of benzene rings is 5. The highest BCUT2D eigenvalue weighted by Gasteiger charge is 2.62. The number of ether oxygens (including phenoxy) is 1. The normalized spacial score (nSPS) is 17.9. The fourth-order valence-electron chi connectivity index (χ4n) is 13.0. The summed E-state index contributed by atoms with van der Waals surface area (Å²) in [5.41, 5.74) is 7.23. The number of nitrogens with two attached hydrogens (primary N) is 1. The highest BCUT2D eigenvalue weighted by atomic mass is 35.5. The van der Waals surface area contributed by atoms with E-state index in [9.17, 15) is 47.9 Å². The second-order valence-electron chi connectivity index (χ2n) is 26.1. The number of hydrogen-bond donors (Lipinski definition) is 7. The number of phosphoric acid groups is 1. The molecule has 0 bridgehead atoms. The minimum atomic E-state index is -5.05. The molecule has 5 atom stereocenters. The summed E-state index contributed by atoms with van der Waals surface area (Å²) in [6.07, 6.45) is 4.63. The standard InChI is InChI=1S/C67H83Cl2N8O13P/c1-40(2)60(74-53(78)23-10-9-15-33-75-55(80)30-31-56(75)81)62(84)73-48(22-17-32-71-64(70)85)61(83)72-43-28-26-41(27-29-43)38-89-51-34-49-58(46-20-13-11-18-44(46)51)42(36-68)37-76(49)54(79)24-16-25-57(82)77-50-35-52(90-91(86,87)88)45-19-12-14-21-47(45)59(50)67(39-69,66(6,7)8)63(77)65(3,4)5/h11-14,18-21,26-31,34-35,40,42,48,60,63H,9-10,15-17,22-25,32-33,36-39H2,1-8H3,(H,72,83)(H,73,84)(H,74,78)(H3,70,71,85)(H2,86,87,88)/t42-,48+,60+,63?,67-/m1/s1. The number of phosphoric ester groups is 1. The molecule has 0 saturated heterocycles. The molecule has 9 amide bonds. The van der Waals surface area contributed by atoms with Crippen LogP contribution in [0.1, 0.15) is 136 Å². The Hall–Kier alpha value is -7.55. The quantitative estimate of drug-likeness (QED) is 0.0112. The van der Waals surface area contributed by atoms with Gasteiger partial charge in [0.05, 0.1) is 17.4 Å². The van der Waals surface area contributed by atoms with E-state index >= 15 is 4.79 Å². The van der Waals surface area contributed by atoms with Crippen molar-refractivity contribution in [1.82, 2.24) is 20.9 Å². The number of halogens is 2. The molecule has 5 aromatic rings. The van der Waals surface area contributed by atoms with Gasteiger partial charge in [-0.3, -0.25) is 48.2 Å². The molecule has 3 aliphatic heterocycles. The minimum absolute atomic E-state index is 0.00481. The van der Waals surface area contributed by atoms with Crippen molar-refractivity contribution in [1.29, 1.82) is 0 Å². The number of unbranched alkanes of at least 4 members (excludes halogenated alkanes) is 2. The van der Waals surface area contributed by atoms with Gasteiger partial charge in [0.2, 0.25) is 29.5 Å². The van der Waals surface area contributed by atoms with E-state index in [2.05, 4.69) is 42.0 Å². The summed E-state index contributed by atoms with van der Waals surface area (Å²) in [6.45, 7) is 16.7. The monoisotopic (exact) mass is 1310 g/mol. The fourth-order valence-corrected chi connectivity index (χ4v) is 14.4. The van der Waals surface area contributed by atoms with Gasteiger partial charge in [-0.05, 0) is 88.4 Å². The van der Waals surface area contributed by atoms with Crippen LogP contribution in [0.25, 0.3) is 21.5 Å². The number of carbonyl (C=O) groups excluding carboxylic acids is 8. The Balaban J connectivity index is 0.941. The lowest BCUT2D eigenvalue weighted by atomic mass is 9.56. The Bertz CT molecular complexity index is 3660. The number of hydrogen-bond acceptors (Lipinski definition) is 11. The van der Waals surface area contributed by atoms with Gasteiger partial charge in [-0.25, -0.2) is 9.36 Å². The van der Waals surface area contributed by atoms with Gasteiger partial charge in [-0.2, -0.15) is 0 Å². The van der Waals surface area contributed by atoms with Crippen molar-refractivity contribution in [3.8, 4) is 11.5 Å². The van der Waals surface area contributed by atoms with Crippen LogP contribution in [0.3, 0.4) is 0 Å². The molecular formula is C67H83Cl2N8O13P. The van der Waals surface area contributed by atoms with Gasteiger partial charge < -0.3 is 46.1 Å². The second kappa shape index (κ2) is 29.0. The van der Waals surface area contributed by atoms with Gasteiger partial charge in [-0.15, -0.1) is 23.2 Å². The average Bonchev–Trinajstić information content (AvgIpc) is 1.54. The molecule has 3 aliphatic rings. The van der Waals surface area contributed by atoms with Crippen LogP contribution in [-0.2, 0) is 50.1 Å². The van der Waals surface area contributed by atoms with Gasteiger partial charge in [0, 0.05) is 103 Å². The lowest BCUT2D eigenvalue weighted by Crippen LogP contribution is -2.60. The third-order valence-electron chi connectivity index (χ3n) is 17.3. The molecule has 21 nitrogen and oxygen atoms in total.